The number of nitrogens with one attached hydrogen (secondary N) is 5. The van der Waals surface area contributed by atoms with Crippen LogP contribution in [0.25, 0.3) is 11.1 Å². The lowest BCUT2D eigenvalue weighted by molar-refractivity contribution is -0.143. The topological polar surface area (TPSA) is 288 Å². The van der Waals surface area contributed by atoms with Gasteiger partial charge in [0.2, 0.25) is 29.5 Å². The zero-order valence-corrected chi connectivity index (χ0v) is 34.6. The fourth-order valence-corrected chi connectivity index (χ4v) is 6.98. The summed E-state index contributed by atoms with van der Waals surface area (Å²) >= 11 is 0. The maximum absolute atomic E-state index is 14.3. The third-order valence-corrected chi connectivity index (χ3v) is 10.5. The van der Waals surface area contributed by atoms with Gasteiger partial charge in [-0.3, -0.25) is 33.6 Å². The molecule has 4 bridgehead atoms. The van der Waals surface area contributed by atoms with Crippen LogP contribution in [0, 0.1) is 0 Å². The normalized spacial score (nSPS) is 19.7. The van der Waals surface area contributed by atoms with Crippen LogP contribution >= 0.6 is 0 Å². The molecule has 1 saturated heterocycles. The molecule has 60 heavy (non-hydrogen) atoms. The van der Waals surface area contributed by atoms with Gasteiger partial charge >= 0.3 is 0 Å². The van der Waals surface area contributed by atoms with Gasteiger partial charge < -0.3 is 57.9 Å². The smallest absolute Gasteiger partial charge is 0.258 e. The van der Waals surface area contributed by atoms with Gasteiger partial charge in [-0.2, -0.15) is 0 Å². The van der Waals surface area contributed by atoms with E-state index in [1.165, 1.54) is 50.4 Å². The molecular weight excluding hydrogens is 777 g/mol. The van der Waals surface area contributed by atoms with Crippen molar-refractivity contribution in [1.29, 1.82) is 0 Å². The highest BCUT2D eigenvalue weighted by molar-refractivity contribution is 5.98. The van der Waals surface area contributed by atoms with E-state index in [-0.39, 0.29) is 72.3 Å². The zero-order valence-electron chi connectivity index (χ0n) is 34.6. The van der Waals surface area contributed by atoms with Crippen molar-refractivity contribution in [2.24, 2.45) is 11.5 Å². The van der Waals surface area contributed by atoms with E-state index in [1.807, 2.05) is 0 Å². The number of Topliss-reactive ketones (excluding diaryl/α,β-unsaturated/α-hetero) is 1. The van der Waals surface area contributed by atoms with Crippen LogP contribution in [0.1, 0.15) is 95.2 Å². The Bertz CT molecular complexity index is 1870. The van der Waals surface area contributed by atoms with Crippen molar-refractivity contribution in [3.63, 3.8) is 0 Å². The molecule has 0 aliphatic carbocycles. The minimum atomic E-state index is -1.74. The van der Waals surface area contributed by atoms with Crippen molar-refractivity contribution >= 4 is 41.2 Å². The van der Waals surface area contributed by atoms with E-state index in [9.17, 15) is 43.8 Å². The van der Waals surface area contributed by atoms with E-state index in [4.69, 9.17) is 16.2 Å². The van der Waals surface area contributed by atoms with Gasteiger partial charge in [-0.15, -0.1) is 0 Å². The number of likely N-dealkylation sites (N-methyl/N-ethyl adjacent to an activating group) is 1. The lowest BCUT2D eigenvalue weighted by Crippen LogP contribution is -2.60. The van der Waals surface area contributed by atoms with Crippen molar-refractivity contribution in [2.45, 2.75) is 121 Å². The maximum Gasteiger partial charge on any atom is 0.258 e. The lowest BCUT2D eigenvalue weighted by atomic mass is 9.93. The van der Waals surface area contributed by atoms with E-state index < -0.39 is 66.0 Å². The van der Waals surface area contributed by atoms with Crippen molar-refractivity contribution in [3.05, 3.63) is 47.5 Å². The second kappa shape index (κ2) is 22.7. The second-order valence-corrected chi connectivity index (χ2v) is 15.4. The molecule has 18 heteroatoms. The fourth-order valence-electron chi connectivity index (χ4n) is 6.98. The van der Waals surface area contributed by atoms with Gasteiger partial charge in [0, 0.05) is 44.0 Å². The number of benzene rings is 2. The van der Waals surface area contributed by atoms with Crippen LogP contribution in [0.15, 0.2) is 36.4 Å². The van der Waals surface area contributed by atoms with Crippen molar-refractivity contribution < 1.29 is 48.5 Å². The van der Waals surface area contributed by atoms with Crippen molar-refractivity contribution in [3.8, 4) is 22.6 Å². The van der Waals surface area contributed by atoms with Gasteiger partial charge in [0.1, 0.15) is 35.7 Å². The summed E-state index contributed by atoms with van der Waals surface area (Å²) in [4.78, 5) is 94.7. The molecule has 2 aliphatic heterocycles. The van der Waals surface area contributed by atoms with Crippen LogP contribution in [0.3, 0.4) is 0 Å². The molecule has 2 aliphatic rings. The number of ketones is 1. The Balaban J connectivity index is 1.61. The van der Waals surface area contributed by atoms with E-state index in [1.54, 1.807) is 0 Å². The molecule has 2 aromatic carbocycles. The van der Waals surface area contributed by atoms with Crippen LogP contribution in [0.4, 0.5) is 0 Å². The average molecular weight is 837 g/mol. The Kier molecular flexibility index (Phi) is 17.8. The molecule has 2 heterocycles. The molecule has 0 spiro atoms. The van der Waals surface area contributed by atoms with Crippen molar-refractivity contribution in [2.75, 3.05) is 26.7 Å². The monoisotopic (exact) mass is 836 g/mol. The summed E-state index contributed by atoms with van der Waals surface area (Å²) < 4.78 is 5.04. The number of aromatic hydroxyl groups is 2. The average Bonchev–Trinajstić information content (AvgIpc) is 4.06. The predicted octanol–water partition coefficient (Wildman–Crippen LogP) is 0.659. The number of amides is 6. The first-order chi connectivity index (χ1) is 28.6. The number of nitrogens with zero attached hydrogens (tertiary/aromatic N) is 1. The lowest BCUT2D eigenvalue weighted by Gasteiger charge is -2.32. The molecule has 2 aromatic rings. The number of phenols is 2. The molecule has 6 amide bonds. The van der Waals surface area contributed by atoms with Gasteiger partial charge in [0.05, 0.1) is 12.6 Å². The number of unbranched alkanes of at least 4 members (excludes halogenated alkanes) is 5. The second-order valence-electron chi connectivity index (χ2n) is 15.4. The molecule has 0 aromatic heterocycles. The Morgan fingerprint density at radius 1 is 0.883 bits per heavy atom. The summed E-state index contributed by atoms with van der Waals surface area (Å²) in [6.45, 7) is 4.23. The number of epoxide rings is 1. The Morgan fingerprint density at radius 2 is 1.57 bits per heavy atom. The Morgan fingerprint density at radius 3 is 2.25 bits per heavy atom. The van der Waals surface area contributed by atoms with Crippen LogP contribution < -0.4 is 38.1 Å². The van der Waals surface area contributed by atoms with Crippen LogP contribution in [-0.4, -0.2) is 113 Å². The number of ether oxygens (including phenoxy) is 1. The number of carbonyl (C=O) groups excluding carboxylic acids is 7. The number of phenolic OH excluding ortho intramolecular Hbond substituents is 2. The van der Waals surface area contributed by atoms with Gasteiger partial charge in [-0.05, 0) is 74.5 Å². The molecular formula is C42H60N8O10. The largest absolute Gasteiger partial charge is 0.507 e. The first-order valence-electron chi connectivity index (χ1n) is 20.6. The third kappa shape index (κ3) is 13.5. The van der Waals surface area contributed by atoms with Gasteiger partial charge in [-0.1, -0.05) is 44.7 Å². The molecule has 4 rings (SSSR count). The zero-order chi connectivity index (χ0) is 43.9. The molecule has 6 atom stereocenters. The number of nitrogens with two attached hydrogens (primary N) is 2. The van der Waals surface area contributed by atoms with Crippen LogP contribution in [0.5, 0.6) is 11.5 Å². The molecule has 18 nitrogen and oxygen atoms in total. The summed E-state index contributed by atoms with van der Waals surface area (Å²) in [5.74, 6) is -4.85. The summed E-state index contributed by atoms with van der Waals surface area (Å²) in [5.41, 5.74) is 12.7. The van der Waals surface area contributed by atoms with E-state index in [2.05, 4.69) is 33.5 Å². The highest BCUT2D eigenvalue weighted by Crippen LogP contribution is 2.39. The summed E-state index contributed by atoms with van der Waals surface area (Å²) in [5, 5.41) is 35.1. The van der Waals surface area contributed by atoms with Crippen LogP contribution in [0.2, 0.25) is 0 Å². The van der Waals surface area contributed by atoms with E-state index in [0.29, 0.717) is 31.4 Å². The van der Waals surface area contributed by atoms with Gasteiger partial charge in [0.15, 0.2) is 11.9 Å². The number of hydrogen-bond acceptors (Lipinski definition) is 12. The first-order valence-corrected chi connectivity index (χ1v) is 20.6. The Labute approximate surface area is 349 Å². The Hall–Kier alpha value is -5.59. The minimum Gasteiger partial charge on any atom is -0.507 e. The standard InChI is InChI=1S/C42H60N8O10/c1-4-5-6-7-8-12-34(53)45-19-17-35(54)47-29(11-9-10-18-43)42(59)50(3)36-26-14-16-32(52)28(22-26)27-20-25(13-15-31(27)51)21-30(48-41(58)38(44)49-40(36)57)39(56)46-24(2)37(55)33-23-60-33/h13-16,20,22,24,29-30,33,36,38,51-52H,4-12,17-19,21,23,43-44H2,1-3H3,(H,45,53)(H,46,56)(H,47,54)(H,48,58)(H,49,57). The van der Waals surface area contributed by atoms with Crippen molar-refractivity contribution in [1.82, 2.24) is 31.5 Å². The first kappa shape index (κ1) is 47.1. The number of carbonyl (C=O) groups is 7. The van der Waals surface area contributed by atoms with E-state index in [0.717, 1.165) is 37.0 Å². The quantitative estimate of drug-likeness (QED) is 0.0657. The highest BCUT2D eigenvalue weighted by atomic mass is 16.6. The molecule has 328 valence electrons. The SMILES string of the molecule is CCCCCCCC(=O)NCCC(=O)NC(CCCCN)C(=O)N(C)C1C(=O)NC(N)C(=O)NC(C(=O)NC(C)C(=O)C2CO2)Cc2ccc(O)c(c2)-c2cc1ccc2O. The summed E-state index contributed by atoms with van der Waals surface area (Å²) in [6, 6.07) is 3.54. The number of rotatable bonds is 20. The maximum atomic E-state index is 14.3. The molecule has 6 unspecified atom stereocenters. The van der Waals surface area contributed by atoms with Crippen LogP contribution in [-0.2, 0) is 44.7 Å². The predicted molar refractivity (Wildman–Crippen MR) is 221 cm³/mol. The van der Waals surface area contributed by atoms with E-state index >= 15 is 0 Å². The van der Waals surface area contributed by atoms with Gasteiger partial charge in [0.25, 0.3) is 5.91 Å². The van der Waals surface area contributed by atoms with Gasteiger partial charge in [-0.25, -0.2) is 0 Å². The molecule has 11 N–H and O–H groups in total. The highest BCUT2D eigenvalue weighted by Gasteiger charge is 2.38. The number of fused-ring (bicyclic) bond motifs is 5. The molecule has 0 saturated carbocycles. The molecule has 0 radical (unpaired) electrons. The fraction of sp³-hybridized carbons (Fsp3) is 0.548. The summed E-state index contributed by atoms with van der Waals surface area (Å²) in [6.07, 6.45) is 3.84. The number of hydrogen-bond donors (Lipinski definition) is 9. The summed E-state index contributed by atoms with van der Waals surface area (Å²) in [7, 11) is 1.34. The molecule has 1 fully saturated rings. The minimum absolute atomic E-state index is 0.0591. The third-order valence-electron chi connectivity index (χ3n) is 10.5.